The summed E-state index contributed by atoms with van der Waals surface area (Å²) in [6, 6.07) is 11.0. The number of ether oxygens (including phenoxy) is 1. The highest BCUT2D eigenvalue weighted by molar-refractivity contribution is 7.16. The third-order valence-corrected chi connectivity index (χ3v) is 7.69. The molecule has 1 atom stereocenters. The molecule has 1 heterocycles. The van der Waals surface area contributed by atoms with Crippen LogP contribution in [0.2, 0.25) is 0 Å². The number of fused-ring (bicyclic) bond motifs is 1. The van der Waals surface area contributed by atoms with Gasteiger partial charge in [0.2, 0.25) is 5.75 Å². The molecule has 0 saturated carbocycles. The van der Waals surface area contributed by atoms with Gasteiger partial charge in [-0.1, -0.05) is 32.9 Å². The molecule has 0 amide bonds. The Kier molecular flexibility index (Phi) is 7.11. The van der Waals surface area contributed by atoms with Gasteiger partial charge in [0.15, 0.2) is 0 Å². The van der Waals surface area contributed by atoms with E-state index in [1.54, 1.807) is 24.3 Å². The lowest BCUT2D eigenvalue weighted by Crippen LogP contribution is -2.26. The molecule has 6 nitrogen and oxygen atoms in total. The summed E-state index contributed by atoms with van der Waals surface area (Å²) in [5.74, 6) is 0.369. The molecule has 10 heteroatoms. The predicted octanol–water partition coefficient (Wildman–Crippen LogP) is 8.24. The van der Waals surface area contributed by atoms with Crippen LogP contribution in [0.5, 0.6) is 11.5 Å². The first kappa shape index (κ1) is 26.4. The number of thiophene rings is 1. The van der Waals surface area contributed by atoms with Crippen molar-refractivity contribution in [2.45, 2.75) is 46.2 Å². The van der Waals surface area contributed by atoms with E-state index in [9.17, 15) is 28.5 Å². The lowest BCUT2D eigenvalue weighted by molar-refractivity contribution is -0.385. The second-order valence-corrected chi connectivity index (χ2v) is 11.0. The van der Waals surface area contributed by atoms with E-state index in [1.807, 2.05) is 0 Å². The lowest BCUT2D eigenvalue weighted by Gasteiger charge is -2.33. The fourth-order valence-electron chi connectivity index (χ4n) is 4.37. The van der Waals surface area contributed by atoms with Crippen molar-refractivity contribution in [3.8, 4) is 17.6 Å². The van der Waals surface area contributed by atoms with Crippen LogP contribution in [0.4, 0.5) is 23.9 Å². The van der Waals surface area contributed by atoms with E-state index < -0.39 is 22.4 Å². The van der Waals surface area contributed by atoms with Crippen molar-refractivity contribution >= 4 is 28.2 Å². The number of nitriles is 1. The number of benzene rings is 2. The molecule has 0 N–H and O–H groups in total. The van der Waals surface area contributed by atoms with Gasteiger partial charge in [0.25, 0.3) is 0 Å². The molecule has 0 radical (unpaired) electrons. The van der Waals surface area contributed by atoms with Crippen molar-refractivity contribution in [3.63, 3.8) is 0 Å². The molecule has 0 saturated heterocycles. The normalized spacial score (nSPS) is 15.9. The van der Waals surface area contributed by atoms with Crippen molar-refractivity contribution in [2.24, 2.45) is 16.3 Å². The molecular formula is C27H24F3N3O3S. The van der Waals surface area contributed by atoms with Crippen LogP contribution in [0.25, 0.3) is 0 Å². The number of hydrogen-bond acceptors (Lipinski definition) is 6. The molecule has 1 aromatic heterocycles. The minimum absolute atomic E-state index is 0.162. The van der Waals surface area contributed by atoms with E-state index in [0.717, 1.165) is 37.0 Å². The third kappa shape index (κ3) is 5.67. The Morgan fingerprint density at radius 3 is 2.57 bits per heavy atom. The van der Waals surface area contributed by atoms with E-state index in [0.29, 0.717) is 28.1 Å². The maximum atomic E-state index is 13.0. The summed E-state index contributed by atoms with van der Waals surface area (Å²) >= 11 is 1.49. The van der Waals surface area contributed by atoms with Crippen LogP contribution in [0.3, 0.4) is 0 Å². The number of alkyl halides is 3. The van der Waals surface area contributed by atoms with E-state index >= 15 is 0 Å². The maximum absolute atomic E-state index is 13.0. The molecular weight excluding hydrogens is 503 g/mol. The molecule has 0 unspecified atom stereocenters. The molecule has 0 aliphatic heterocycles. The summed E-state index contributed by atoms with van der Waals surface area (Å²) in [7, 11) is 0. The molecule has 0 spiro atoms. The van der Waals surface area contributed by atoms with Gasteiger partial charge in [0, 0.05) is 22.7 Å². The lowest BCUT2D eigenvalue weighted by atomic mass is 9.72. The highest BCUT2D eigenvalue weighted by Crippen LogP contribution is 2.45. The average Bonchev–Trinajstić information content (AvgIpc) is 3.19. The minimum atomic E-state index is -4.72. The Morgan fingerprint density at radius 1 is 1.19 bits per heavy atom. The number of hydrogen-bond donors (Lipinski definition) is 0. The summed E-state index contributed by atoms with van der Waals surface area (Å²) < 4.78 is 44.8. The van der Waals surface area contributed by atoms with Gasteiger partial charge in [-0.25, -0.2) is 4.99 Å². The fourth-order valence-corrected chi connectivity index (χ4v) is 5.59. The third-order valence-electron chi connectivity index (χ3n) is 6.53. The molecule has 4 rings (SSSR count). The zero-order chi connectivity index (χ0) is 27.0. The standard InChI is InChI=1S/C27H24F3N3O3S/c1-26(2,3)17-8-10-19-20(14-31)25(37-24(19)13-17)32-15-16-6-4-5-7-22(16)36-23-11-9-18(27(28,29)30)12-21(23)33(34)35/h4-7,9,11-12,15,17H,8,10,13H2,1-3H3/t17-/m0/s1. The van der Waals surface area contributed by atoms with Crippen LogP contribution >= 0.6 is 11.3 Å². The van der Waals surface area contributed by atoms with Crippen molar-refractivity contribution in [1.82, 2.24) is 0 Å². The zero-order valence-electron chi connectivity index (χ0n) is 20.4. The highest BCUT2D eigenvalue weighted by atomic mass is 32.1. The Labute approximate surface area is 216 Å². The summed E-state index contributed by atoms with van der Waals surface area (Å²) in [5.41, 5.74) is 0.285. The van der Waals surface area contributed by atoms with Gasteiger partial charge in [-0.2, -0.15) is 18.4 Å². The molecule has 0 fully saturated rings. The largest absolute Gasteiger partial charge is 0.449 e. The van der Waals surface area contributed by atoms with Crippen LogP contribution < -0.4 is 4.74 Å². The average molecular weight is 528 g/mol. The summed E-state index contributed by atoms with van der Waals surface area (Å²) in [6.07, 6.45) is -0.494. The Morgan fingerprint density at radius 2 is 1.92 bits per heavy atom. The van der Waals surface area contributed by atoms with Gasteiger partial charge in [0.05, 0.1) is 16.1 Å². The number of para-hydroxylation sites is 1. The number of nitro benzene ring substituents is 1. The highest BCUT2D eigenvalue weighted by Gasteiger charge is 2.34. The molecule has 1 aliphatic rings. The molecule has 37 heavy (non-hydrogen) atoms. The Bertz CT molecular complexity index is 1410. The van der Waals surface area contributed by atoms with E-state index in [-0.39, 0.29) is 16.9 Å². The summed E-state index contributed by atoms with van der Waals surface area (Å²) in [4.78, 5) is 16.2. The quantitative estimate of drug-likeness (QED) is 0.190. The topological polar surface area (TPSA) is 88.5 Å². The van der Waals surface area contributed by atoms with Gasteiger partial charge < -0.3 is 4.74 Å². The number of nitrogens with zero attached hydrogens (tertiary/aromatic N) is 3. The van der Waals surface area contributed by atoms with Crippen LogP contribution in [-0.2, 0) is 19.0 Å². The molecule has 2 aromatic carbocycles. The fraction of sp³-hybridized carbons (Fsp3) is 0.333. The van der Waals surface area contributed by atoms with Crippen molar-refractivity contribution in [1.29, 1.82) is 5.26 Å². The predicted molar refractivity (Wildman–Crippen MR) is 136 cm³/mol. The molecule has 1 aliphatic carbocycles. The minimum Gasteiger partial charge on any atom is -0.449 e. The summed E-state index contributed by atoms with van der Waals surface area (Å²) in [5, 5.41) is 21.8. The van der Waals surface area contributed by atoms with Gasteiger partial charge in [-0.3, -0.25) is 10.1 Å². The maximum Gasteiger partial charge on any atom is 0.416 e. The summed E-state index contributed by atoms with van der Waals surface area (Å²) in [6.45, 7) is 6.66. The second kappa shape index (κ2) is 9.98. The van der Waals surface area contributed by atoms with E-state index in [1.165, 1.54) is 22.4 Å². The Hall–Kier alpha value is -3.71. The van der Waals surface area contributed by atoms with E-state index in [4.69, 9.17) is 4.74 Å². The van der Waals surface area contributed by atoms with Crippen molar-refractivity contribution in [3.05, 3.63) is 79.7 Å². The Balaban J connectivity index is 1.65. The monoisotopic (exact) mass is 527 g/mol. The van der Waals surface area contributed by atoms with Crippen molar-refractivity contribution < 1.29 is 22.8 Å². The van der Waals surface area contributed by atoms with Crippen LogP contribution in [0, 0.1) is 32.8 Å². The van der Waals surface area contributed by atoms with Crippen molar-refractivity contribution in [2.75, 3.05) is 0 Å². The number of rotatable bonds is 5. The first-order chi connectivity index (χ1) is 17.4. The molecule has 0 bridgehead atoms. The first-order valence-corrected chi connectivity index (χ1v) is 12.4. The van der Waals surface area contributed by atoms with Crippen LogP contribution in [-0.4, -0.2) is 11.1 Å². The number of nitro groups is 1. The van der Waals surface area contributed by atoms with Crippen LogP contribution in [0.15, 0.2) is 47.5 Å². The molecule has 3 aromatic rings. The van der Waals surface area contributed by atoms with E-state index in [2.05, 4.69) is 31.8 Å². The van der Waals surface area contributed by atoms with Crippen LogP contribution in [0.1, 0.15) is 54.3 Å². The zero-order valence-corrected chi connectivity index (χ0v) is 21.2. The number of halogens is 3. The van der Waals surface area contributed by atoms with Gasteiger partial charge in [-0.05, 0) is 60.4 Å². The number of aliphatic imine (C=N–C) groups is 1. The van der Waals surface area contributed by atoms with Gasteiger partial charge in [0.1, 0.15) is 16.8 Å². The van der Waals surface area contributed by atoms with Gasteiger partial charge >= 0.3 is 11.9 Å². The first-order valence-electron chi connectivity index (χ1n) is 11.6. The van der Waals surface area contributed by atoms with Gasteiger partial charge in [-0.15, -0.1) is 11.3 Å². The SMILES string of the molecule is CC(C)(C)[C@H]1CCc2c(sc(N=Cc3ccccc3Oc3ccc(C(F)(F)F)cc3[N+](=O)[O-])c2C#N)C1. The molecule has 192 valence electrons. The smallest absolute Gasteiger partial charge is 0.416 e. The second-order valence-electron chi connectivity index (χ2n) is 9.94.